The lowest BCUT2D eigenvalue weighted by Gasteiger charge is -2.24. The molecule has 1 heterocycles. The monoisotopic (exact) mass is 343 g/mol. The maximum Gasteiger partial charge on any atom is 0.256 e. The lowest BCUT2D eigenvalue weighted by Crippen LogP contribution is -2.46. The number of benzene rings is 1. The first kappa shape index (κ1) is 16.9. The summed E-state index contributed by atoms with van der Waals surface area (Å²) < 4.78 is 0. The van der Waals surface area contributed by atoms with Crippen molar-refractivity contribution in [3.63, 3.8) is 0 Å². The largest absolute Gasteiger partial charge is 0.399 e. The van der Waals surface area contributed by atoms with Gasteiger partial charge in [-0.25, -0.2) is 0 Å². The smallest absolute Gasteiger partial charge is 0.256 e. The van der Waals surface area contributed by atoms with Gasteiger partial charge in [0.15, 0.2) is 0 Å². The van der Waals surface area contributed by atoms with E-state index in [9.17, 15) is 9.59 Å². The summed E-state index contributed by atoms with van der Waals surface area (Å²) in [7, 11) is 0. The number of hydrogen-bond acceptors (Lipinski definition) is 3. The number of anilines is 1. The molecule has 5 nitrogen and oxygen atoms in total. The van der Waals surface area contributed by atoms with Gasteiger partial charge in [-0.15, -0.1) is 12.4 Å². The van der Waals surface area contributed by atoms with Gasteiger partial charge in [-0.1, -0.05) is 11.6 Å². The molecule has 22 heavy (non-hydrogen) atoms. The summed E-state index contributed by atoms with van der Waals surface area (Å²) in [6.07, 6.45) is 3.62. The molecule has 1 saturated carbocycles. The van der Waals surface area contributed by atoms with Crippen molar-refractivity contribution < 1.29 is 9.59 Å². The number of nitrogens with two attached hydrogens (primary N) is 1. The van der Waals surface area contributed by atoms with E-state index in [1.807, 2.05) is 0 Å². The van der Waals surface area contributed by atoms with Crippen LogP contribution in [0.3, 0.4) is 0 Å². The number of carbonyl (C=O) groups is 2. The van der Waals surface area contributed by atoms with Gasteiger partial charge >= 0.3 is 0 Å². The third kappa shape index (κ3) is 3.47. The van der Waals surface area contributed by atoms with Crippen LogP contribution in [0, 0.1) is 0 Å². The van der Waals surface area contributed by atoms with Crippen LogP contribution in [-0.2, 0) is 4.79 Å². The lowest BCUT2D eigenvalue weighted by atomic mass is 10.1. The molecule has 2 aliphatic rings. The van der Waals surface area contributed by atoms with E-state index in [0.29, 0.717) is 35.3 Å². The second-order valence-electron chi connectivity index (χ2n) is 5.68. The van der Waals surface area contributed by atoms with Gasteiger partial charge in [0.05, 0.1) is 10.6 Å². The molecule has 3 N–H and O–H groups in total. The molecular weight excluding hydrogens is 325 g/mol. The number of rotatable bonds is 3. The molecule has 1 atom stereocenters. The van der Waals surface area contributed by atoms with Crippen LogP contribution in [0.25, 0.3) is 0 Å². The highest BCUT2D eigenvalue weighted by Crippen LogP contribution is 2.26. The number of nitrogens with zero attached hydrogens (tertiary/aromatic N) is 1. The van der Waals surface area contributed by atoms with Crippen LogP contribution in [-0.4, -0.2) is 35.3 Å². The molecule has 0 bridgehead atoms. The van der Waals surface area contributed by atoms with E-state index in [0.717, 1.165) is 19.3 Å². The molecule has 1 aromatic carbocycles. The minimum absolute atomic E-state index is 0. The highest BCUT2D eigenvalue weighted by Gasteiger charge is 2.37. The Morgan fingerprint density at radius 2 is 2.00 bits per heavy atom. The van der Waals surface area contributed by atoms with Gasteiger partial charge in [0.2, 0.25) is 5.91 Å². The predicted octanol–water partition coefficient (Wildman–Crippen LogP) is 2.23. The second kappa shape index (κ2) is 6.75. The lowest BCUT2D eigenvalue weighted by molar-refractivity contribution is -0.125. The standard InChI is InChI=1S/C15H18ClN3O2.ClH/c16-12-8-9(17)3-6-11(12)15(21)19-7-1-2-13(19)14(20)18-10-4-5-10;/h3,6,8,10,13H,1-2,4-5,7,17H2,(H,18,20);1H. The van der Waals surface area contributed by atoms with Crippen LogP contribution >= 0.6 is 24.0 Å². The highest BCUT2D eigenvalue weighted by atomic mass is 35.5. The topological polar surface area (TPSA) is 75.4 Å². The van der Waals surface area contributed by atoms with E-state index in [2.05, 4.69) is 5.32 Å². The van der Waals surface area contributed by atoms with E-state index in [-0.39, 0.29) is 30.3 Å². The molecule has 120 valence electrons. The quantitative estimate of drug-likeness (QED) is 0.826. The van der Waals surface area contributed by atoms with Crippen LogP contribution < -0.4 is 11.1 Å². The van der Waals surface area contributed by atoms with Gasteiger partial charge in [-0.05, 0) is 43.9 Å². The maximum atomic E-state index is 12.6. The van der Waals surface area contributed by atoms with Crippen molar-refractivity contribution >= 4 is 41.5 Å². The fraction of sp³-hybridized carbons (Fsp3) is 0.467. The van der Waals surface area contributed by atoms with Gasteiger partial charge in [0, 0.05) is 18.3 Å². The van der Waals surface area contributed by atoms with Crippen molar-refractivity contribution in [1.82, 2.24) is 10.2 Å². The van der Waals surface area contributed by atoms with Crippen molar-refractivity contribution in [3.8, 4) is 0 Å². The molecule has 1 saturated heterocycles. The normalized spacial score (nSPS) is 20.4. The molecule has 2 amide bonds. The Morgan fingerprint density at radius 3 is 2.64 bits per heavy atom. The molecule has 0 aromatic heterocycles. The Hall–Kier alpha value is -1.46. The number of hydrogen-bond donors (Lipinski definition) is 2. The summed E-state index contributed by atoms with van der Waals surface area (Å²) in [5.41, 5.74) is 6.56. The van der Waals surface area contributed by atoms with Gasteiger partial charge in [0.25, 0.3) is 5.91 Å². The molecule has 1 unspecified atom stereocenters. The van der Waals surface area contributed by atoms with Crippen molar-refractivity contribution in [3.05, 3.63) is 28.8 Å². The van der Waals surface area contributed by atoms with E-state index < -0.39 is 0 Å². The van der Waals surface area contributed by atoms with Crippen LogP contribution in [0.1, 0.15) is 36.0 Å². The SMILES string of the molecule is Cl.Nc1ccc(C(=O)N2CCCC2C(=O)NC2CC2)c(Cl)c1. The molecule has 1 aliphatic carbocycles. The molecule has 7 heteroatoms. The van der Waals surface area contributed by atoms with Crippen LogP contribution in [0.2, 0.25) is 5.02 Å². The van der Waals surface area contributed by atoms with Gasteiger partial charge in [-0.3, -0.25) is 9.59 Å². The summed E-state index contributed by atoms with van der Waals surface area (Å²) >= 11 is 6.10. The number of nitrogens with one attached hydrogen (secondary N) is 1. The molecule has 0 spiro atoms. The van der Waals surface area contributed by atoms with Crippen LogP contribution in [0.4, 0.5) is 5.69 Å². The molecule has 0 radical (unpaired) electrons. The van der Waals surface area contributed by atoms with Crippen molar-refractivity contribution in [2.24, 2.45) is 0 Å². The zero-order valence-electron chi connectivity index (χ0n) is 12.0. The third-order valence-corrected chi connectivity index (χ3v) is 4.28. The van der Waals surface area contributed by atoms with E-state index in [4.69, 9.17) is 17.3 Å². The average molecular weight is 344 g/mol. The minimum Gasteiger partial charge on any atom is -0.399 e. The van der Waals surface area contributed by atoms with Gasteiger partial charge in [0.1, 0.15) is 6.04 Å². The summed E-state index contributed by atoms with van der Waals surface area (Å²) in [5, 5.41) is 3.30. The summed E-state index contributed by atoms with van der Waals surface area (Å²) in [6.45, 7) is 0.586. The first-order chi connectivity index (χ1) is 10.1. The third-order valence-electron chi connectivity index (χ3n) is 3.96. The van der Waals surface area contributed by atoms with Gasteiger partial charge in [-0.2, -0.15) is 0 Å². The summed E-state index contributed by atoms with van der Waals surface area (Å²) in [6, 6.07) is 4.74. The van der Waals surface area contributed by atoms with E-state index in [1.165, 1.54) is 0 Å². The van der Waals surface area contributed by atoms with E-state index in [1.54, 1.807) is 23.1 Å². The zero-order valence-corrected chi connectivity index (χ0v) is 13.6. The fourth-order valence-corrected chi connectivity index (χ4v) is 2.94. The molecular formula is C15H19Cl2N3O2. The van der Waals surface area contributed by atoms with Crippen LogP contribution in [0.5, 0.6) is 0 Å². The Labute approximate surface area is 140 Å². The predicted molar refractivity (Wildman–Crippen MR) is 88.3 cm³/mol. The summed E-state index contributed by atoms with van der Waals surface area (Å²) in [5.74, 6) is -0.247. The Balaban J connectivity index is 0.00000176. The Kier molecular flexibility index (Phi) is 5.19. The molecule has 1 aromatic rings. The van der Waals surface area contributed by atoms with Crippen molar-refractivity contribution in [2.75, 3.05) is 12.3 Å². The maximum absolute atomic E-state index is 12.6. The molecule has 2 fully saturated rings. The fourth-order valence-electron chi connectivity index (χ4n) is 2.67. The first-order valence-corrected chi connectivity index (χ1v) is 7.60. The van der Waals surface area contributed by atoms with Crippen molar-refractivity contribution in [2.45, 2.75) is 37.8 Å². The van der Waals surface area contributed by atoms with Gasteiger partial charge < -0.3 is 16.0 Å². The Morgan fingerprint density at radius 1 is 1.27 bits per heavy atom. The minimum atomic E-state index is -0.383. The number of halogens is 2. The highest BCUT2D eigenvalue weighted by molar-refractivity contribution is 6.34. The first-order valence-electron chi connectivity index (χ1n) is 7.22. The van der Waals surface area contributed by atoms with Crippen molar-refractivity contribution in [1.29, 1.82) is 0 Å². The second-order valence-corrected chi connectivity index (χ2v) is 6.09. The molecule has 3 rings (SSSR count). The number of amides is 2. The Bertz CT molecular complexity index is 590. The number of nitrogen functional groups attached to an aromatic ring is 1. The average Bonchev–Trinajstić information content (AvgIpc) is 3.11. The van der Waals surface area contributed by atoms with E-state index >= 15 is 0 Å². The zero-order chi connectivity index (χ0) is 15.0. The number of carbonyl (C=O) groups excluding carboxylic acids is 2. The number of likely N-dealkylation sites (tertiary alicyclic amines) is 1. The summed E-state index contributed by atoms with van der Waals surface area (Å²) in [4.78, 5) is 26.5. The van der Waals surface area contributed by atoms with Crippen LogP contribution in [0.15, 0.2) is 18.2 Å². The molecule has 1 aliphatic heterocycles.